The van der Waals surface area contributed by atoms with Crippen molar-refractivity contribution in [2.45, 2.75) is 58.8 Å². The van der Waals surface area contributed by atoms with Crippen LogP contribution < -0.4 is 5.32 Å². The summed E-state index contributed by atoms with van der Waals surface area (Å²) in [4.78, 5) is 27.9. The lowest BCUT2D eigenvalue weighted by Gasteiger charge is -2.33. The number of hydrogen-bond acceptors (Lipinski definition) is 2. The Morgan fingerprint density at radius 2 is 1.88 bits per heavy atom. The van der Waals surface area contributed by atoms with Gasteiger partial charge < -0.3 is 10.2 Å². The summed E-state index contributed by atoms with van der Waals surface area (Å²) in [7, 11) is 0. The average molecular weight is 342 g/mol. The van der Waals surface area contributed by atoms with Crippen molar-refractivity contribution in [3.8, 4) is 0 Å². The lowest BCUT2D eigenvalue weighted by molar-refractivity contribution is -0.143. The topological polar surface area (TPSA) is 49.4 Å². The fourth-order valence-electron chi connectivity index (χ4n) is 3.83. The lowest BCUT2D eigenvalue weighted by Crippen LogP contribution is -2.47. The van der Waals surface area contributed by atoms with Gasteiger partial charge in [0.25, 0.3) is 0 Å². The Bertz CT molecular complexity index is 671. The molecule has 2 aliphatic rings. The van der Waals surface area contributed by atoms with E-state index in [2.05, 4.69) is 33.0 Å². The maximum absolute atomic E-state index is 13.0. The third-order valence-corrected chi connectivity index (χ3v) is 5.52. The number of likely N-dealkylation sites (tertiary alicyclic amines) is 1. The quantitative estimate of drug-likeness (QED) is 0.845. The highest BCUT2D eigenvalue weighted by Gasteiger charge is 2.58. The van der Waals surface area contributed by atoms with E-state index in [1.807, 2.05) is 29.2 Å². The number of carbonyl (C=O) groups excluding carboxylic acids is 2. The lowest BCUT2D eigenvalue weighted by atomic mass is 9.85. The van der Waals surface area contributed by atoms with E-state index in [-0.39, 0.29) is 17.2 Å². The summed E-state index contributed by atoms with van der Waals surface area (Å²) in [6, 6.07) is 7.90. The van der Waals surface area contributed by atoms with Gasteiger partial charge in [-0.2, -0.15) is 0 Å². The van der Waals surface area contributed by atoms with Crippen LogP contribution in [0.4, 0.5) is 5.69 Å². The molecular formula is C21H30N2O2. The van der Waals surface area contributed by atoms with Crippen molar-refractivity contribution in [2.24, 2.45) is 11.3 Å². The molecule has 1 saturated heterocycles. The van der Waals surface area contributed by atoms with E-state index in [1.165, 1.54) is 6.42 Å². The first kappa shape index (κ1) is 18.0. The molecule has 2 fully saturated rings. The number of piperidine rings is 1. The van der Waals surface area contributed by atoms with Crippen LogP contribution in [0, 0.1) is 11.3 Å². The second kappa shape index (κ2) is 6.47. The van der Waals surface area contributed by atoms with Gasteiger partial charge >= 0.3 is 0 Å². The number of para-hydroxylation sites is 1. The molecule has 4 nitrogen and oxygen atoms in total. The van der Waals surface area contributed by atoms with Gasteiger partial charge in [0.1, 0.15) is 5.41 Å². The average Bonchev–Trinajstić information content (AvgIpc) is 3.35. The van der Waals surface area contributed by atoms with E-state index in [4.69, 9.17) is 0 Å². The summed E-state index contributed by atoms with van der Waals surface area (Å²) in [5, 5.41) is 3.06. The van der Waals surface area contributed by atoms with Gasteiger partial charge in [-0.3, -0.25) is 9.59 Å². The van der Waals surface area contributed by atoms with Crippen molar-refractivity contribution < 1.29 is 9.59 Å². The van der Waals surface area contributed by atoms with Gasteiger partial charge in [0.2, 0.25) is 11.8 Å². The van der Waals surface area contributed by atoms with Crippen molar-refractivity contribution in [3.63, 3.8) is 0 Å². The second-order valence-corrected chi connectivity index (χ2v) is 8.83. The number of nitrogens with zero attached hydrogens (tertiary/aromatic N) is 1. The van der Waals surface area contributed by atoms with E-state index in [9.17, 15) is 9.59 Å². The molecular weight excluding hydrogens is 312 g/mol. The van der Waals surface area contributed by atoms with Crippen LogP contribution in [0.5, 0.6) is 0 Å². The van der Waals surface area contributed by atoms with E-state index in [0.717, 1.165) is 30.8 Å². The van der Waals surface area contributed by atoms with Crippen LogP contribution in [-0.2, 0) is 15.0 Å². The normalized spacial score (nSPS) is 22.4. The highest BCUT2D eigenvalue weighted by molar-refractivity contribution is 6.13. The van der Waals surface area contributed by atoms with Crippen LogP contribution in [0.25, 0.3) is 0 Å². The predicted octanol–water partition coefficient (Wildman–Crippen LogP) is 3.96. The molecule has 1 aromatic carbocycles. The van der Waals surface area contributed by atoms with Crippen molar-refractivity contribution >= 4 is 17.5 Å². The molecule has 0 spiro atoms. The largest absolute Gasteiger partial charge is 0.342 e. The van der Waals surface area contributed by atoms with Gasteiger partial charge in [0.05, 0.1) is 0 Å². The Morgan fingerprint density at radius 3 is 2.48 bits per heavy atom. The molecule has 1 heterocycles. The Balaban J connectivity index is 1.76. The van der Waals surface area contributed by atoms with Crippen LogP contribution >= 0.6 is 0 Å². The van der Waals surface area contributed by atoms with E-state index < -0.39 is 5.41 Å². The molecule has 1 aliphatic heterocycles. The monoisotopic (exact) mass is 342 g/mol. The van der Waals surface area contributed by atoms with Gasteiger partial charge in [-0.15, -0.1) is 0 Å². The molecule has 25 heavy (non-hydrogen) atoms. The molecule has 0 radical (unpaired) electrons. The number of nitrogens with one attached hydrogen (secondary N) is 1. The number of rotatable bonds is 3. The third kappa shape index (κ3) is 3.58. The molecule has 0 aromatic heterocycles. The molecule has 1 unspecified atom stereocenters. The van der Waals surface area contributed by atoms with E-state index in [0.29, 0.717) is 18.8 Å². The van der Waals surface area contributed by atoms with Crippen LogP contribution in [-0.4, -0.2) is 29.8 Å². The highest BCUT2D eigenvalue weighted by atomic mass is 16.2. The number of hydrogen-bond donors (Lipinski definition) is 1. The van der Waals surface area contributed by atoms with Gasteiger partial charge in [-0.05, 0) is 48.6 Å². The van der Waals surface area contributed by atoms with Gasteiger partial charge in [-0.25, -0.2) is 0 Å². The van der Waals surface area contributed by atoms with Crippen LogP contribution in [0.3, 0.4) is 0 Å². The third-order valence-electron chi connectivity index (χ3n) is 5.52. The molecule has 1 saturated carbocycles. The first-order valence-electron chi connectivity index (χ1n) is 9.44. The summed E-state index contributed by atoms with van der Waals surface area (Å²) in [6.45, 7) is 10.1. The van der Waals surface area contributed by atoms with E-state index in [1.54, 1.807) is 0 Å². The van der Waals surface area contributed by atoms with E-state index >= 15 is 0 Å². The summed E-state index contributed by atoms with van der Waals surface area (Å²) in [5.74, 6) is 0.426. The molecule has 136 valence electrons. The number of anilines is 1. The van der Waals surface area contributed by atoms with Crippen molar-refractivity contribution in [2.75, 3.05) is 18.4 Å². The summed E-state index contributed by atoms with van der Waals surface area (Å²) >= 11 is 0. The molecule has 1 aromatic rings. The van der Waals surface area contributed by atoms with Gasteiger partial charge in [0.15, 0.2) is 0 Å². The number of carbonyl (C=O) groups is 2. The minimum atomic E-state index is -0.831. The summed E-state index contributed by atoms with van der Waals surface area (Å²) < 4.78 is 0. The minimum absolute atomic E-state index is 0.0322. The van der Waals surface area contributed by atoms with Gasteiger partial charge in [-0.1, -0.05) is 45.9 Å². The van der Waals surface area contributed by atoms with Crippen LogP contribution in [0.15, 0.2) is 24.3 Å². The Hall–Kier alpha value is -1.84. The first-order chi connectivity index (χ1) is 11.7. The summed E-state index contributed by atoms with van der Waals surface area (Å²) in [5.41, 5.74) is 1.03. The standard InChI is InChI=1S/C21H30N2O2/c1-15-8-7-13-23(14-15)19(25)21(11-12-21)18(24)22-17-10-6-5-9-16(17)20(2,3)4/h5-6,9-10,15H,7-8,11-14H2,1-4H3,(H,22,24). The molecule has 1 aliphatic carbocycles. The molecule has 1 N–H and O–H groups in total. The Morgan fingerprint density at radius 1 is 1.20 bits per heavy atom. The minimum Gasteiger partial charge on any atom is -0.342 e. The second-order valence-electron chi connectivity index (χ2n) is 8.83. The molecule has 2 amide bonds. The maximum atomic E-state index is 13.0. The fraction of sp³-hybridized carbons (Fsp3) is 0.619. The molecule has 3 rings (SSSR count). The predicted molar refractivity (Wildman–Crippen MR) is 100 cm³/mol. The molecule has 4 heteroatoms. The van der Waals surface area contributed by atoms with Crippen molar-refractivity contribution in [3.05, 3.63) is 29.8 Å². The Kier molecular flexibility index (Phi) is 4.65. The van der Waals surface area contributed by atoms with Gasteiger partial charge in [0, 0.05) is 18.8 Å². The summed E-state index contributed by atoms with van der Waals surface area (Å²) in [6.07, 6.45) is 3.54. The SMILES string of the molecule is CC1CCCN(C(=O)C2(C(=O)Nc3ccccc3C(C)(C)C)CC2)C1. The van der Waals surface area contributed by atoms with Crippen LogP contribution in [0.2, 0.25) is 0 Å². The molecule has 1 atom stereocenters. The number of amides is 2. The number of benzene rings is 1. The van der Waals surface area contributed by atoms with Crippen molar-refractivity contribution in [1.82, 2.24) is 4.90 Å². The smallest absolute Gasteiger partial charge is 0.240 e. The zero-order valence-electron chi connectivity index (χ0n) is 15.9. The zero-order chi connectivity index (χ0) is 18.2. The Labute approximate surface area is 151 Å². The maximum Gasteiger partial charge on any atom is 0.240 e. The first-order valence-corrected chi connectivity index (χ1v) is 9.44. The fourth-order valence-corrected chi connectivity index (χ4v) is 3.83. The van der Waals surface area contributed by atoms with Crippen molar-refractivity contribution in [1.29, 1.82) is 0 Å². The zero-order valence-corrected chi connectivity index (χ0v) is 15.9. The highest BCUT2D eigenvalue weighted by Crippen LogP contribution is 2.49. The van der Waals surface area contributed by atoms with Crippen LogP contribution in [0.1, 0.15) is 58.9 Å². The molecule has 0 bridgehead atoms.